The van der Waals surface area contributed by atoms with Gasteiger partial charge in [-0.15, -0.1) is 0 Å². The van der Waals surface area contributed by atoms with Crippen molar-refractivity contribution < 1.29 is 4.92 Å². The Morgan fingerprint density at radius 1 is 1.15 bits per heavy atom. The third kappa shape index (κ3) is 4.19. The maximum Gasteiger partial charge on any atom is 0.238 e. The molecule has 1 atom stereocenters. The van der Waals surface area contributed by atoms with E-state index >= 15 is 0 Å². The fourth-order valence-electron chi connectivity index (χ4n) is 2.81. The molecule has 2 rings (SSSR count). The number of benzene rings is 1. The third-order valence-corrected chi connectivity index (χ3v) is 4.06. The van der Waals surface area contributed by atoms with Crippen LogP contribution in [0.3, 0.4) is 0 Å². The fourth-order valence-corrected chi connectivity index (χ4v) is 2.81. The Hall–Kier alpha value is -1.64. The van der Waals surface area contributed by atoms with Gasteiger partial charge in [0.1, 0.15) is 0 Å². The summed E-state index contributed by atoms with van der Waals surface area (Å²) in [4.78, 5) is 11.3. The maximum absolute atomic E-state index is 11.4. The molecule has 0 spiro atoms. The number of nitrogens with zero attached hydrogens (tertiary/aromatic N) is 1. The second-order valence-corrected chi connectivity index (χ2v) is 5.72. The largest absolute Gasteiger partial charge is 0.264 e. The number of allylic oxidation sites excluding steroid dienone is 1. The van der Waals surface area contributed by atoms with E-state index < -0.39 is 6.04 Å². The average Bonchev–Trinajstić information content (AvgIpc) is 2.38. The molecule has 3 heteroatoms. The molecule has 1 aliphatic rings. The van der Waals surface area contributed by atoms with E-state index in [4.69, 9.17) is 0 Å². The summed E-state index contributed by atoms with van der Waals surface area (Å²) in [5, 5.41) is 11.4. The van der Waals surface area contributed by atoms with E-state index in [0.717, 1.165) is 30.4 Å². The van der Waals surface area contributed by atoms with Gasteiger partial charge in [-0.05, 0) is 43.7 Å². The predicted octanol–water partition coefficient (Wildman–Crippen LogP) is 4.46. The first-order valence-corrected chi connectivity index (χ1v) is 7.55. The number of aryl methyl sites for hydroxylation is 1. The number of nitro groups is 1. The standard InChI is InChI=1S/C17H23NO2/c1-14-9-11-15(12-10-14)13-17(18(19)20)16-7-5-3-2-4-6-8-16/h7,9-12,17H,2-6,8,13H2,1H3/b16-7+. The first-order chi connectivity index (χ1) is 9.66. The van der Waals surface area contributed by atoms with E-state index in [1.165, 1.54) is 24.8 Å². The van der Waals surface area contributed by atoms with Crippen LogP contribution in [-0.4, -0.2) is 11.0 Å². The van der Waals surface area contributed by atoms with Gasteiger partial charge in [0.15, 0.2) is 0 Å². The van der Waals surface area contributed by atoms with Gasteiger partial charge in [-0.25, -0.2) is 0 Å². The Morgan fingerprint density at radius 3 is 2.55 bits per heavy atom. The van der Waals surface area contributed by atoms with Crippen LogP contribution < -0.4 is 0 Å². The molecule has 0 heterocycles. The van der Waals surface area contributed by atoms with Gasteiger partial charge < -0.3 is 0 Å². The van der Waals surface area contributed by atoms with E-state index in [1.54, 1.807) is 0 Å². The second kappa shape index (κ2) is 7.22. The molecule has 0 saturated heterocycles. The highest BCUT2D eigenvalue weighted by atomic mass is 16.6. The quantitative estimate of drug-likeness (QED) is 0.461. The molecule has 3 nitrogen and oxygen atoms in total. The lowest BCUT2D eigenvalue weighted by molar-refractivity contribution is -0.512. The maximum atomic E-state index is 11.4. The summed E-state index contributed by atoms with van der Waals surface area (Å²) >= 11 is 0. The molecule has 1 aliphatic carbocycles. The van der Waals surface area contributed by atoms with Crippen LogP contribution in [0.2, 0.25) is 0 Å². The first-order valence-electron chi connectivity index (χ1n) is 7.55. The van der Waals surface area contributed by atoms with Crippen molar-refractivity contribution in [2.75, 3.05) is 0 Å². The normalized spacial score (nSPS) is 20.4. The zero-order valence-electron chi connectivity index (χ0n) is 12.2. The van der Waals surface area contributed by atoms with Crippen molar-refractivity contribution in [3.63, 3.8) is 0 Å². The van der Waals surface area contributed by atoms with E-state index in [2.05, 4.69) is 6.08 Å². The van der Waals surface area contributed by atoms with Gasteiger partial charge in [0.05, 0.1) is 0 Å². The van der Waals surface area contributed by atoms with Crippen LogP contribution in [0.5, 0.6) is 0 Å². The fraction of sp³-hybridized carbons (Fsp3) is 0.529. The van der Waals surface area contributed by atoms with Gasteiger partial charge in [-0.2, -0.15) is 0 Å². The number of rotatable bonds is 4. The smallest absolute Gasteiger partial charge is 0.238 e. The lowest BCUT2D eigenvalue weighted by atomic mass is 9.91. The molecule has 0 fully saturated rings. The molecule has 20 heavy (non-hydrogen) atoms. The van der Waals surface area contributed by atoms with Gasteiger partial charge in [0.25, 0.3) is 0 Å². The molecule has 0 radical (unpaired) electrons. The highest BCUT2D eigenvalue weighted by Crippen LogP contribution is 2.23. The van der Waals surface area contributed by atoms with Crippen LogP contribution in [0, 0.1) is 17.0 Å². The van der Waals surface area contributed by atoms with Crippen molar-refractivity contribution in [2.45, 2.75) is 57.9 Å². The summed E-state index contributed by atoms with van der Waals surface area (Å²) in [6.07, 6.45) is 9.23. The van der Waals surface area contributed by atoms with Gasteiger partial charge >= 0.3 is 0 Å². The van der Waals surface area contributed by atoms with Crippen LogP contribution in [0.1, 0.15) is 49.7 Å². The minimum atomic E-state index is -0.546. The van der Waals surface area contributed by atoms with Crippen molar-refractivity contribution in [2.24, 2.45) is 0 Å². The lowest BCUT2D eigenvalue weighted by Crippen LogP contribution is -2.25. The van der Waals surface area contributed by atoms with Gasteiger partial charge in [0, 0.05) is 11.3 Å². The molecule has 1 aromatic carbocycles. The summed E-state index contributed by atoms with van der Waals surface area (Å²) in [6, 6.07) is 7.53. The molecule has 0 N–H and O–H groups in total. The molecule has 0 saturated carbocycles. The zero-order valence-corrected chi connectivity index (χ0v) is 12.2. The predicted molar refractivity (Wildman–Crippen MR) is 81.5 cm³/mol. The first kappa shape index (κ1) is 14.8. The molecular formula is C17H23NO2. The molecule has 0 bridgehead atoms. The summed E-state index contributed by atoms with van der Waals surface area (Å²) in [5.74, 6) is 0. The SMILES string of the molecule is Cc1ccc(CC(/C2=C/CCCCCC2)[N+](=O)[O-])cc1. The summed E-state index contributed by atoms with van der Waals surface area (Å²) in [6.45, 7) is 2.03. The van der Waals surface area contributed by atoms with Crippen molar-refractivity contribution >= 4 is 0 Å². The molecule has 1 aromatic rings. The molecule has 0 aliphatic heterocycles. The van der Waals surface area contributed by atoms with Crippen molar-refractivity contribution in [3.8, 4) is 0 Å². The van der Waals surface area contributed by atoms with Crippen LogP contribution in [0.4, 0.5) is 0 Å². The van der Waals surface area contributed by atoms with Crippen LogP contribution in [0.15, 0.2) is 35.9 Å². The van der Waals surface area contributed by atoms with Gasteiger partial charge in [0.2, 0.25) is 6.04 Å². The third-order valence-electron chi connectivity index (χ3n) is 4.06. The highest BCUT2D eigenvalue weighted by molar-refractivity contribution is 5.24. The Labute approximate surface area is 120 Å². The Balaban J connectivity index is 2.13. The average molecular weight is 273 g/mol. The zero-order chi connectivity index (χ0) is 14.4. The summed E-state index contributed by atoms with van der Waals surface area (Å²) in [5.41, 5.74) is 3.28. The van der Waals surface area contributed by atoms with Crippen LogP contribution >= 0.6 is 0 Å². The van der Waals surface area contributed by atoms with Crippen LogP contribution in [-0.2, 0) is 6.42 Å². The molecule has 0 amide bonds. The minimum absolute atomic E-state index is 0.104. The van der Waals surface area contributed by atoms with Gasteiger partial charge in [-0.1, -0.05) is 48.7 Å². The van der Waals surface area contributed by atoms with E-state index in [9.17, 15) is 10.1 Å². The second-order valence-electron chi connectivity index (χ2n) is 5.72. The van der Waals surface area contributed by atoms with Crippen molar-refractivity contribution in [1.82, 2.24) is 0 Å². The number of hydrogen-bond donors (Lipinski definition) is 0. The minimum Gasteiger partial charge on any atom is -0.264 e. The lowest BCUT2D eigenvalue weighted by Gasteiger charge is -2.16. The Morgan fingerprint density at radius 2 is 1.85 bits per heavy atom. The Kier molecular flexibility index (Phi) is 5.33. The summed E-state index contributed by atoms with van der Waals surface area (Å²) in [7, 11) is 0. The monoisotopic (exact) mass is 273 g/mol. The molecule has 1 unspecified atom stereocenters. The van der Waals surface area contributed by atoms with Crippen LogP contribution in [0.25, 0.3) is 0 Å². The molecular weight excluding hydrogens is 250 g/mol. The number of hydrogen-bond acceptors (Lipinski definition) is 2. The van der Waals surface area contributed by atoms with Crippen molar-refractivity contribution in [3.05, 3.63) is 57.2 Å². The van der Waals surface area contributed by atoms with Crippen molar-refractivity contribution in [1.29, 1.82) is 0 Å². The highest BCUT2D eigenvalue weighted by Gasteiger charge is 2.25. The van der Waals surface area contributed by atoms with Gasteiger partial charge in [-0.3, -0.25) is 10.1 Å². The molecule has 0 aromatic heterocycles. The van der Waals surface area contributed by atoms with E-state index in [-0.39, 0.29) is 4.92 Å². The van der Waals surface area contributed by atoms with E-state index in [1.807, 2.05) is 31.2 Å². The summed E-state index contributed by atoms with van der Waals surface area (Å²) < 4.78 is 0. The molecule has 108 valence electrons. The van der Waals surface area contributed by atoms with E-state index in [0.29, 0.717) is 6.42 Å². The Bertz CT molecular complexity index is 476. The topological polar surface area (TPSA) is 43.1 Å².